The largest absolute Gasteiger partial charge is 0.460 e. The Balaban J connectivity index is 1.71. The lowest BCUT2D eigenvalue weighted by Gasteiger charge is -2.04. The minimum absolute atomic E-state index is 0.0514. The molecule has 0 atom stereocenters. The van der Waals surface area contributed by atoms with Crippen LogP contribution in [0.5, 0.6) is 0 Å². The molecular formula is C16H16N4O4S. The van der Waals surface area contributed by atoms with Crippen molar-refractivity contribution in [3.63, 3.8) is 0 Å². The van der Waals surface area contributed by atoms with Gasteiger partial charge in [0.15, 0.2) is 16.3 Å². The number of thioether (sulfide) groups is 1. The van der Waals surface area contributed by atoms with E-state index < -0.39 is 11.2 Å². The number of fused-ring (bicyclic) bond motifs is 1. The number of carbonyl (C=O) groups is 1. The van der Waals surface area contributed by atoms with Gasteiger partial charge in [0.2, 0.25) is 0 Å². The normalized spacial score (nSPS) is 11.0. The molecule has 0 amide bonds. The first-order valence-corrected chi connectivity index (χ1v) is 8.44. The molecule has 0 spiro atoms. The van der Waals surface area contributed by atoms with Crippen molar-refractivity contribution in [2.45, 2.75) is 11.8 Å². The summed E-state index contributed by atoms with van der Waals surface area (Å²) in [6, 6.07) is 9.39. The smallest absolute Gasteiger partial charge is 0.329 e. The fraction of sp³-hybridized carbons (Fsp3) is 0.250. The summed E-state index contributed by atoms with van der Waals surface area (Å²) < 4.78 is 8.03. The minimum Gasteiger partial charge on any atom is -0.460 e. The van der Waals surface area contributed by atoms with Gasteiger partial charge in [0.25, 0.3) is 5.56 Å². The van der Waals surface area contributed by atoms with Gasteiger partial charge in [0.05, 0.1) is 5.75 Å². The van der Waals surface area contributed by atoms with Gasteiger partial charge in [-0.2, -0.15) is 0 Å². The van der Waals surface area contributed by atoms with Crippen molar-refractivity contribution >= 4 is 28.9 Å². The summed E-state index contributed by atoms with van der Waals surface area (Å²) in [5.74, 6) is -0.334. The zero-order valence-electron chi connectivity index (χ0n) is 13.7. The molecule has 0 fully saturated rings. The van der Waals surface area contributed by atoms with E-state index in [2.05, 4.69) is 9.97 Å². The minimum atomic E-state index is -0.533. The van der Waals surface area contributed by atoms with Gasteiger partial charge < -0.3 is 9.30 Å². The fourth-order valence-electron chi connectivity index (χ4n) is 2.32. The summed E-state index contributed by atoms with van der Waals surface area (Å²) in [5.41, 5.74) is 0.421. The second-order valence-corrected chi connectivity index (χ2v) is 6.32. The lowest BCUT2D eigenvalue weighted by atomic mass is 10.2. The number of esters is 1. The van der Waals surface area contributed by atoms with Crippen LogP contribution in [0.3, 0.4) is 0 Å². The molecule has 0 aliphatic rings. The van der Waals surface area contributed by atoms with Crippen LogP contribution >= 0.6 is 11.8 Å². The van der Waals surface area contributed by atoms with Gasteiger partial charge in [0, 0.05) is 14.1 Å². The summed E-state index contributed by atoms with van der Waals surface area (Å²) in [7, 11) is 3.18. The Kier molecular flexibility index (Phi) is 4.75. The first-order chi connectivity index (χ1) is 12.0. The van der Waals surface area contributed by atoms with E-state index in [1.807, 2.05) is 30.3 Å². The number of benzene rings is 1. The van der Waals surface area contributed by atoms with Gasteiger partial charge in [-0.05, 0) is 5.56 Å². The number of H-pyrrole nitrogens is 1. The van der Waals surface area contributed by atoms with E-state index in [0.717, 1.165) is 17.3 Å². The average molecular weight is 360 g/mol. The van der Waals surface area contributed by atoms with Crippen molar-refractivity contribution in [3.05, 3.63) is 56.7 Å². The van der Waals surface area contributed by atoms with Gasteiger partial charge >= 0.3 is 11.7 Å². The highest BCUT2D eigenvalue weighted by Crippen LogP contribution is 2.20. The van der Waals surface area contributed by atoms with Gasteiger partial charge in [-0.15, -0.1) is 0 Å². The van der Waals surface area contributed by atoms with E-state index in [9.17, 15) is 14.4 Å². The Morgan fingerprint density at radius 2 is 1.92 bits per heavy atom. The van der Waals surface area contributed by atoms with Crippen LogP contribution in [0.25, 0.3) is 11.2 Å². The summed E-state index contributed by atoms with van der Waals surface area (Å²) in [5, 5.41) is 0.457. The maximum atomic E-state index is 12.0. The molecule has 3 rings (SSSR count). The number of aromatic nitrogens is 4. The van der Waals surface area contributed by atoms with Gasteiger partial charge in [-0.1, -0.05) is 42.1 Å². The van der Waals surface area contributed by atoms with Crippen LogP contribution < -0.4 is 11.2 Å². The van der Waals surface area contributed by atoms with E-state index in [0.29, 0.717) is 5.16 Å². The van der Waals surface area contributed by atoms with Gasteiger partial charge in [-0.3, -0.25) is 19.1 Å². The zero-order valence-corrected chi connectivity index (χ0v) is 14.5. The van der Waals surface area contributed by atoms with E-state index in [1.54, 1.807) is 11.6 Å². The number of hydrogen-bond donors (Lipinski definition) is 1. The van der Waals surface area contributed by atoms with Gasteiger partial charge in [0.1, 0.15) is 6.61 Å². The Morgan fingerprint density at radius 1 is 1.20 bits per heavy atom. The van der Waals surface area contributed by atoms with Crippen LogP contribution in [0.4, 0.5) is 0 Å². The number of carbonyl (C=O) groups excluding carboxylic acids is 1. The molecule has 9 heteroatoms. The van der Waals surface area contributed by atoms with Crippen molar-refractivity contribution in [2.75, 3.05) is 5.75 Å². The van der Waals surface area contributed by atoms with E-state index in [-0.39, 0.29) is 29.5 Å². The molecule has 25 heavy (non-hydrogen) atoms. The Labute approximate surface area is 146 Å². The lowest BCUT2D eigenvalue weighted by molar-refractivity contribution is -0.141. The zero-order chi connectivity index (χ0) is 18.0. The highest BCUT2D eigenvalue weighted by Gasteiger charge is 2.16. The van der Waals surface area contributed by atoms with Gasteiger partial charge in [-0.25, -0.2) is 9.78 Å². The van der Waals surface area contributed by atoms with E-state index in [1.165, 1.54) is 11.6 Å². The predicted octanol–water partition coefficient (Wildman–Crippen LogP) is 0.796. The van der Waals surface area contributed by atoms with Crippen molar-refractivity contribution < 1.29 is 9.53 Å². The number of nitrogens with one attached hydrogen (secondary N) is 1. The fourth-order valence-corrected chi connectivity index (χ4v) is 3.09. The Morgan fingerprint density at radius 3 is 2.64 bits per heavy atom. The summed E-state index contributed by atoms with van der Waals surface area (Å²) in [6.07, 6.45) is 0. The maximum absolute atomic E-state index is 12.0. The topological polar surface area (TPSA) is 99.0 Å². The van der Waals surface area contributed by atoms with Crippen molar-refractivity contribution in [1.29, 1.82) is 0 Å². The van der Waals surface area contributed by atoms with Crippen molar-refractivity contribution in [3.8, 4) is 0 Å². The molecule has 130 valence electrons. The molecular weight excluding hydrogens is 344 g/mol. The summed E-state index contributed by atoms with van der Waals surface area (Å²) in [4.78, 5) is 42.0. The van der Waals surface area contributed by atoms with Crippen LogP contribution in [0.2, 0.25) is 0 Å². The third-order valence-corrected chi connectivity index (χ3v) is 4.66. The number of nitrogens with zero attached hydrogens (tertiary/aromatic N) is 3. The molecule has 0 unspecified atom stereocenters. The Bertz CT molecular complexity index is 1040. The molecule has 0 saturated heterocycles. The quantitative estimate of drug-likeness (QED) is 0.534. The SMILES string of the molecule is Cn1c(SCC(=O)OCc2ccccc2)nc2c1c(=O)[nH]c(=O)n2C. The summed E-state index contributed by atoms with van der Waals surface area (Å²) >= 11 is 1.15. The molecule has 8 nitrogen and oxygen atoms in total. The maximum Gasteiger partial charge on any atom is 0.329 e. The molecule has 1 aromatic carbocycles. The van der Waals surface area contributed by atoms with Crippen molar-refractivity contribution in [1.82, 2.24) is 19.1 Å². The third-order valence-electron chi connectivity index (χ3n) is 3.66. The monoisotopic (exact) mass is 360 g/mol. The molecule has 0 aliphatic heterocycles. The Hall–Kier alpha value is -2.81. The lowest BCUT2D eigenvalue weighted by Crippen LogP contribution is -2.29. The van der Waals surface area contributed by atoms with Crippen molar-refractivity contribution in [2.24, 2.45) is 14.1 Å². The van der Waals surface area contributed by atoms with Crippen LogP contribution in [0.1, 0.15) is 5.56 Å². The highest BCUT2D eigenvalue weighted by molar-refractivity contribution is 7.99. The molecule has 3 aromatic rings. The molecule has 0 radical (unpaired) electrons. The second-order valence-electron chi connectivity index (χ2n) is 5.38. The summed E-state index contributed by atoms with van der Waals surface area (Å²) in [6.45, 7) is 0.205. The molecule has 0 bridgehead atoms. The standard InChI is InChI=1S/C16H16N4O4S/c1-19-12-13(20(2)15(23)18-14(12)22)17-16(19)25-9-11(21)24-8-10-6-4-3-5-7-10/h3-7H,8-9H2,1-2H3,(H,18,22,23). The number of aromatic amines is 1. The van der Waals surface area contributed by atoms with E-state index >= 15 is 0 Å². The van der Waals surface area contributed by atoms with Crippen LogP contribution in [0, 0.1) is 0 Å². The number of rotatable bonds is 5. The van der Waals surface area contributed by atoms with E-state index in [4.69, 9.17) is 4.74 Å². The molecule has 2 heterocycles. The number of aryl methyl sites for hydroxylation is 2. The average Bonchev–Trinajstić information content (AvgIpc) is 2.94. The van der Waals surface area contributed by atoms with Crippen LogP contribution in [0.15, 0.2) is 45.1 Å². The number of hydrogen-bond acceptors (Lipinski definition) is 6. The first kappa shape index (κ1) is 17.0. The number of imidazole rings is 1. The van der Waals surface area contributed by atoms with Crippen LogP contribution in [-0.4, -0.2) is 30.8 Å². The third kappa shape index (κ3) is 3.50. The first-order valence-electron chi connectivity index (χ1n) is 7.45. The molecule has 2 aromatic heterocycles. The molecule has 0 aliphatic carbocycles. The highest BCUT2D eigenvalue weighted by atomic mass is 32.2. The molecule has 1 N–H and O–H groups in total. The number of ether oxygens (including phenoxy) is 1. The predicted molar refractivity (Wildman–Crippen MR) is 93.5 cm³/mol. The van der Waals surface area contributed by atoms with Crippen LogP contribution in [-0.2, 0) is 30.2 Å². The second kappa shape index (κ2) is 6.98. The molecule has 0 saturated carbocycles.